The predicted octanol–water partition coefficient (Wildman–Crippen LogP) is 2.67. The van der Waals surface area contributed by atoms with E-state index in [-0.39, 0.29) is 11.9 Å². The minimum Gasteiger partial charge on any atom is -0.496 e. The lowest BCUT2D eigenvalue weighted by atomic mass is 10.1. The number of thiocarbonyl (C=S) groups is 1. The predicted molar refractivity (Wildman–Crippen MR) is 87.8 cm³/mol. The van der Waals surface area contributed by atoms with Gasteiger partial charge in [-0.3, -0.25) is 4.79 Å². The molecule has 1 aliphatic rings. The van der Waals surface area contributed by atoms with E-state index in [1.54, 1.807) is 7.11 Å². The highest BCUT2D eigenvalue weighted by Gasteiger charge is 2.29. The van der Waals surface area contributed by atoms with Gasteiger partial charge in [-0.15, -0.1) is 0 Å². The minimum absolute atomic E-state index is 0.0461. The Labute approximate surface area is 131 Å². The summed E-state index contributed by atoms with van der Waals surface area (Å²) < 4.78 is 5.33. The normalized spacial score (nSPS) is 15.0. The van der Waals surface area contributed by atoms with Crippen LogP contribution in [-0.2, 0) is 0 Å². The summed E-state index contributed by atoms with van der Waals surface area (Å²) in [6.07, 6.45) is 4.33. The molecule has 1 aromatic rings. The third kappa shape index (κ3) is 3.73. The average molecular weight is 306 g/mol. The lowest BCUT2D eigenvalue weighted by Crippen LogP contribution is -2.43. The molecule has 0 atom stereocenters. The van der Waals surface area contributed by atoms with Crippen LogP contribution in [0, 0.1) is 6.92 Å². The van der Waals surface area contributed by atoms with Crippen molar-refractivity contribution < 1.29 is 9.53 Å². The number of ether oxygens (including phenoxy) is 1. The number of amides is 1. The molecule has 1 saturated carbocycles. The number of carbonyl (C=O) groups excluding carboxylic acids is 1. The lowest BCUT2D eigenvalue weighted by molar-refractivity contribution is 0.0711. The van der Waals surface area contributed by atoms with Crippen LogP contribution in [0.2, 0.25) is 0 Å². The molecule has 2 rings (SSSR count). The fourth-order valence-corrected chi connectivity index (χ4v) is 3.03. The lowest BCUT2D eigenvalue weighted by Gasteiger charge is -2.29. The molecule has 0 radical (unpaired) electrons. The van der Waals surface area contributed by atoms with Gasteiger partial charge in [0.25, 0.3) is 5.91 Å². The van der Waals surface area contributed by atoms with Crippen LogP contribution in [0.5, 0.6) is 5.75 Å². The van der Waals surface area contributed by atoms with E-state index in [1.165, 1.54) is 0 Å². The molecule has 2 N–H and O–H groups in total. The standard InChI is InChI=1S/C16H22N2O2S/c1-11-7-8-14(20-2)13(9-11)16(19)18(10-15(17)21)12-5-3-4-6-12/h7-9,12H,3-6,10H2,1-2H3,(H2,17,21). The topological polar surface area (TPSA) is 55.6 Å². The van der Waals surface area contributed by atoms with Crippen LogP contribution in [0.3, 0.4) is 0 Å². The Hall–Kier alpha value is -1.62. The monoisotopic (exact) mass is 306 g/mol. The van der Waals surface area contributed by atoms with Crippen molar-refractivity contribution in [1.29, 1.82) is 0 Å². The van der Waals surface area contributed by atoms with E-state index in [1.807, 2.05) is 30.0 Å². The molecule has 0 bridgehead atoms. The SMILES string of the molecule is COc1ccc(C)cc1C(=O)N(CC(N)=S)C1CCCC1. The van der Waals surface area contributed by atoms with Gasteiger partial charge < -0.3 is 15.4 Å². The molecule has 4 nitrogen and oxygen atoms in total. The summed E-state index contributed by atoms with van der Waals surface area (Å²) in [5, 5.41) is 0. The number of hydrogen-bond donors (Lipinski definition) is 1. The largest absolute Gasteiger partial charge is 0.496 e. The highest BCUT2D eigenvalue weighted by atomic mass is 32.1. The van der Waals surface area contributed by atoms with Crippen molar-refractivity contribution in [2.75, 3.05) is 13.7 Å². The zero-order chi connectivity index (χ0) is 15.4. The first-order valence-electron chi connectivity index (χ1n) is 7.27. The Morgan fingerprint density at radius 2 is 2.10 bits per heavy atom. The molecule has 5 heteroatoms. The maximum atomic E-state index is 12.9. The molecule has 1 fully saturated rings. The van der Waals surface area contributed by atoms with E-state index in [0.29, 0.717) is 22.8 Å². The quantitative estimate of drug-likeness (QED) is 0.850. The van der Waals surface area contributed by atoms with Gasteiger partial charge in [0.15, 0.2) is 0 Å². The summed E-state index contributed by atoms with van der Waals surface area (Å²) in [6, 6.07) is 5.85. The summed E-state index contributed by atoms with van der Waals surface area (Å²) in [4.78, 5) is 15.1. The van der Waals surface area contributed by atoms with E-state index in [2.05, 4.69) is 0 Å². The second-order valence-electron chi connectivity index (χ2n) is 5.54. The summed E-state index contributed by atoms with van der Waals surface area (Å²) in [5.74, 6) is 0.548. The summed E-state index contributed by atoms with van der Waals surface area (Å²) in [7, 11) is 1.58. The molecule has 0 unspecified atom stereocenters. The first-order chi connectivity index (χ1) is 10.0. The van der Waals surface area contributed by atoms with Crippen molar-refractivity contribution in [3.8, 4) is 5.75 Å². The highest BCUT2D eigenvalue weighted by molar-refractivity contribution is 7.80. The maximum Gasteiger partial charge on any atom is 0.258 e. The van der Waals surface area contributed by atoms with Crippen molar-refractivity contribution in [1.82, 2.24) is 4.90 Å². The minimum atomic E-state index is -0.0461. The second kappa shape index (κ2) is 6.89. The zero-order valence-electron chi connectivity index (χ0n) is 12.6. The zero-order valence-corrected chi connectivity index (χ0v) is 13.4. The highest BCUT2D eigenvalue weighted by Crippen LogP contribution is 2.28. The first-order valence-corrected chi connectivity index (χ1v) is 7.67. The second-order valence-corrected chi connectivity index (χ2v) is 6.07. The van der Waals surface area contributed by atoms with Crippen molar-refractivity contribution in [2.24, 2.45) is 5.73 Å². The van der Waals surface area contributed by atoms with E-state index < -0.39 is 0 Å². The van der Waals surface area contributed by atoms with Crippen molar-refractivity contribution in [2.45, 2.75) is 38.6 Å². The molecule has 0 saturated heterocycles. The third-order valence-corrected chi connectivity index (χ3v) is 4.07. The van der Waals surface area contributed by atoms with E-state index in [0.717, 1.165) is 31.2 Å². The molecule has 0 aliphatic heterocycles. The van der Waals surface area contributed by atoms with Gasteiger partial charge in [0.2, 0.25) is 0 Å². The van der Waals surface area contributed by atoms with Crippen molar-refractivity contribution >= 4 is 23.1 Å². The van der Waals surface area contributed by atoms with E-state index in [4.69, 9.17) is 22.7 Å². The van der Waals surface area contributed by atoms with E-state index in [9.17, 15) is 4.79 Å². The fraction of sp³-hybridized carbons (Fsp3) is 0.500. The van der Waals surface area contributed by atoms with Gasteiger partial charge in [0, 0.05) is 6.04 Å². The van der Waals surface area contributed by atoms with Crippen LogP contribution in [0.4, 0.5) is 0 Å². The molecule has 0 heterocycles. The molecular weight excluding hydrogens is 284 g/mol. The van der Waals surface area contributed by atoms with Gasteiger partial charge in [0.05, 0.1) is 24.2 Å². The third-order valence-electron chi connectivity index (χ3n) is 3.94. The van der Waals surface area contributed by atoms with Gasteiger partial charge in [-0.2, -0.15) is 0 Å². The van der Waals surface area contributed by atoms with E-state index >= 15 is 0 Å². The van der Waals surface area contributed by atoms with Gasteiger partial charge in [-0.1, -0.05) is 36.7 Å². The number of nitrogens with zero attached hydrogens (tertiary/aromatic N) is 1. The molecule has 0 aromatic heterocycles. The van der Waals surface area contributed by atoms with Crippen molar-refractivity contribution in [3.05, 3.63) is 29.3 Å². The number of rotatable bonds is 5. The van der Waals surface area contributed by atoms with Crippen LogP contribution >= 0.6 is 12.2 Å². The molecule has 21 heavy (non-hydrogen) atoms. The molecule has 114 valence electrons. The van der Waals surface area contributed by atoms with Gasteiger partial charge in [0.1, 0.15) is 5.75 Å². The smallest absolute Gasteiger partial charge is 0.258 e. The molecular formula is C16H22N2O2S. The number of methoxy groups -OCH3 is 1. The van der Waals surface area contributed by atoms with Gasteiger partial charge in [-0.05, 0) is 31.9 Å². The van der Waals surface area contributed by atoms with Crippen LogP contribution in [-0.4, -0.2) is 35.5 Å². The Morgan fingerprint density at radius 3 is 2.67 bits per heavy atom. The summed E-state index contributed by atoms with van der Waals surface area (Å²) in [5.41, 5.74) is 7.30. The number of benzene rings is 1. The van der Waals surface area contributed by atoms with Crippen LogP contribution in [0.1, 0.15) is 41.6 Å². The summed E-state index contributed by atoms with van der Waals surface area (Å²) >= 11 is 5.02. The Bertz CT molecular complexity index is 539. The molecule has 0 spiro atoms. The van der Waals surface area contributed by atoms with Gasteiger partial charge >= 0.3 is 0 Å². The number of carbonyl (C=O) groups is 1. The fourth-order valence-electron chi connectivity index (χ4n) is 2.89. The average Bonchev–Trinajstić information content (AvgIpc) is 2.97. The first kappa shape index (κ1) is 15.8. The Kier molecular flexibility index (Phi) is 5.17. The van der Waals surface area contributed by atoms with Crippen LogP contribution < -0.4 is 10.5 Å². The molecule has 1 aromatic carbocycles. The molecule has 1 aliphatic carbocycles. The summed E-state index contributed by atoms with van der Waals surface area (Å²) in [6.45, 7) is 2.29. The number of hydrogen-bond acceptors (Lipinski definition) is 3. The van der Waals surface area contributed by atoms with Crippen LogP contribution in [0.25, 0.3) is 0 Å². The Morgan fingerprint density at radius 1 is 1.43 bits per heavy atom. The van der Waals surface area contributed by atoms with Crippen molar-refractivity contribution in [3.63, 3.8) is 0 Å². The number of aryl methyl sites for hydroxylation is 1. The maximum absolute atomic E-state index is 12.9. The van der Waals surface area contributed by atoms with Crippen LogP contribution in [0.15, 0.2) is 18.2 Å². The number of nitrogens with two attached hydrogens (primary N) is 1. The van der Waals surface area contributed by atoms with Gasteiger partial charge in [-0.25, -0.2) is 0 Å². The Balaban J connectivity index is 2.32. The molecule has 1 amide bonds.